The second kappa shape index (κ2) is 14.1. The molecule has 0 aliphatic carbocycles. The number of rotatable bonds is 14. The van der Waals surface area contributed by atoms with Crippen molar-refractivity contribution in [3.63, 3.8) is 0 Å². The second-order valence-corrected chi connectivity index (χ2v) is 5.35. The van der Waals surface area contributed by atoms with Crippen molar-refractivity contribution in [2.24, 2.45) is 20.0 Å². The van der Waals surface area contributed by atoms with Crippen molar-refractivity contribution in [3.8, 4) is 0 Å². The summed E-state index contributed by atoms with van der Waals surface area (Å²) in [5.41, 5.74) is 0. The molecule has 0 rings (SSSR count). The zero-order chi connectivity index (χ0) is 18.1. The van der Waals surface area contributed by atoms with Crippen molar-refractivity contribution in [2.75, 3.05) is 0 Å². The van der Waals surface area contributed by atoms with Crippen LogP contribution in [0.5, 0.6) is 0 Å². The Bertz CT molecular complexity index is 507. The van der Waals surface area contributed by atoms with E-state index in [1.165, 1.54) is 18.2 Å². The third-order valence-electron chi connectivity index (χ3n) is 3.60. The van der Waals surface area contributed by atoms with E-state index in [1.807, 2.05) is 0 Å². The Balaban J connectivity index is 4.41. The van der Waals surface area contributed by atoms with E-state index < -0.39 is 5.79 Å². The molecule has 0 radical (unpaired) electrons. The lowest BCUT2D eigenvalue weighted by atomic mass is 10.0. The highest BCUT2D eigenvalue weighted by Crippen LogP contribution is 2.23. The quantitative estimate of drug-likeness (QED) is 0.276. The molecule has 0 aliphatic rings. The van der Waals surface area contributed by atoms with Crippen LogP contribution in [0.3, 0.4) is 0 Å². The van der Waals surface area contributed by atoms with Gasteiger partial charge in [0.15, 0.2) is 0 Å². The molecule has 1 atom stereocenters. The zero-order valence-corrected chi connectivity index (χ0v) is 13.9. The molecule has 0 fully saturated rings. The predicted molar refractivity (Wildman–Crippen MR) is 86.2 cm³/mol. The average Bonchev–Trinajstić information content (AvgIpc) is 2.55. The lowest BCUT2D eigenvalue weighted by molar-refractivity contribution is 0.395. The van der Waals surface area contributed by atoms with Crippen LogP contribution in [-0.4, -0.2) is 36.1 Å². The van der Waals surface area contributed by atoms with Crippen molar-refractivity contribution >= 4 is 24.3 Å². The highest BCUT2D eigenvalue weighted by Gasteiger charge is 2.28. The monoisotopic (exact) mass is 334 g/mol. The van der Waals surface area contributed by atoms with Crippen molar-refractivity contribution in [2.45, 2.75) is 76.5 Å². The minimum Gasteiger partial charge on any atom is -0.211 e. The number of unbranched alkanes of at least 4 members (excludes halogenated alkanes) is 4. The van der Waals surface area contributed by atoms with Crippen molar-refractivity contribution < 1.29 is 19.2 Å². The molecule has 0 aromatic carbocycles. The predicted octanol–water partition coefficient (Wildman–Crippen LogP) is 2.88. The first kappa shape index (κ1) is 21.5. The molecular weight excluding hydrogens is 312 g/mol. The molecule has 130 valence electrons. The molecule has 0 amide bonds. The van der Waals surface area contributed by atoms with Gasteiger partial charge in [0.05, 0.1) is 6.04 Å². The van der Waals surface area contributed by atoms with Crippen LogP contribution in [0, 0.1) is 0 Å². The van der Waals surface area contributed by atoms with Gasteiger partial charge in [-0.3, -0.25) is 0 Å². The van der Waals surface area contributed by atoms with Gasteiger partial charge in [-0.15, -0.1) is 0 Å². The highest BCUT2D eigenvalue weighted by molar-refractivity contribution is 5.42. The van der Waals surface area contributed by atoms with Gasteiger partial charge in [0.1, 0.15) is 0 Å². The van der Waals surface area contributed by atoms with Crippen LogP contribution >= 0.6 is 0 Å². The molecule has 0 N–H and O–H groups in total. The summed E-state index contributed by atoms with van der Waals surface area (Å²) in [4.78, 5) is 55.5. The third-order valence-corrected chi connectivity index (χ3v) is 3.60. The molecule has 1 unspecified atom stereocenters. The second-order valence-electron chi connectivity index (χ2n) is 5.35. The van der Waals surface area contributed by atoms with Gasteiger partial charge in [-0.2, -0.15) is 15.0 Å². The van der Waals surface area contributed by atoms with E-state index in [1.54, 1.807) is 6.08 Å². The van der Waals surface area contributed by atoms with Crippen molar-refractivity contribution in [1.29, 1.82) is 0 Å². The van der Waals surface area contributed by atoms with Crippen molar-refractivity contribution in [1.82, 2.24) is 0 Å². The Morgan fingerprint density at radius 1 is 0.750 bits per heavy atom. The molecular formula is C16H22N4O4. The largest absolute Gasteiger partial charge is 0.277 e. The fourth-order valence-electron chi connectivity index (χ4n) is 2.36. The van der Waals surface area contributed by atoms with Gasteiger partial charge in [0.25, 0.3) is 5.79 Å². The summed E-state index contributed by atoms with van der Waals surface area (Å²) in [6.07, 6.45) is 12.3. The van der Waals surface area contributed by atoms with Crippen LogP contribution in [0.1, 0.15) is 64.7 Å². The van der Waals surface area contributed by atoms with E-state index >= 15 is 0 Å². The van der Waals surface area contributed by atoms with Crippen LogP contribution in [0.15, 0.2) is 20.0 Å². The first-order valence-electron chi connectivity index (χ1n) is 8.02. The van der Waals surface area contributed by atoms with E-state index in [-0.39, 0.29) is 12.5 Å². The minimum atomic E-state index is -1.80. The molecule has 0 aromatic rings. The summed E-state index contributed by atoms with van der Waals surface area (Å²) in [5, 5.41) is 0. The Morgan fingerprint density at radius 2 is 1.29 bits per heavy atom. The van der Waals surface area contributed by atoms with Crippen LogP contribution in [0.25, 0.3) is 0 Å². The van der Waals surface area contributed by atoms with Gasteiger partial charge in [-0.1, -0.05) is 39.0 Å². The molecule has 24 heavy (non-hydrogen) atoms. The number of hydrogen-bond donors (Lipinski definition) is 0. The maximum absolute atomic E-state index is 10.4. The summed E-state index contributed by atoms with van der Waals surface area (Å²) in [7, 11) is 0. The van der Waals surface area contributed by atoms with E-state index in [9.17, 15) is 19.2 Å². The Kier molecular flexibility index (Phi) is 12.7. The highest BCUT2D eigenvalue weighted by atomic mass is 16.1. The van der Waals surface area contributed by atoms with Crippen LogP contribution in [-0.2, 0) is 19.2 Å². The van der Waals surface area contributed by atoms with E-state index in [2.05, 4.69) is 26.9 Å². The van der Waals surface area contributed by atoms with Crippen molar-refractivity contribution in [3.05, 3.63) is 0 Å². The molecule has 0 bridgehead atoms. The average molecular weight is 334 g/mol. The number of isocyanates is 4. The summed E-state index contributed by atoms with van der Waals surface area (Å²) in [6, 6.07) is -0.0344. The standard InChI is InChI=1S/C16H22N4O4/c1-2-3-5-8-15(17-11-21)9-6-4-7-10-16(18-12-22,19-13-23)20-14-24/h15H,2-10H2,1H3. The molecule has 8 heteroatoms. The van der Waals surface area contributed by atoms with Crippen LogP contribution in [0.2, 0.25) is 0 Å². The number of carbonyl (C=O) groups excluding carboxylic acids is 4. The van der Waals surface area contributed by atoms with Gasteiger partial charge in [0, 0.05) is 6.42 Å². The molecule has 0 aromatic heterocycles. The molecule has 8 nitrogen and oxygen atoms in total. The van der Waals surface area contributed by atoms with Gasteiger partial charge in [-0.05, 0) is 19.3 Å². The normalized spacial score (nSPS) is 13.2. The fourth-order valence-corrected chi connectivity index (χ4v) is 2.36. The van der Waals surface area contributed by atoms with Crippen LogP contribution in [0.4, 0.5) is 0 Å². The molecule has 0 saturated heterocycles. The van der Waals surface area contributed by atoms with E-state index in [4.69, 9.17) is 0 Å². The molecule has 0 spiro atoms. The Morgan fingerprint density at radius 3 is 1.75 bits per heavy atom. The zero-order valence-electron chi connectivity index (χ0n) is 13.9. The first-order chi connectivity index (χ1) is 11.7. The van der Waals surface area contributed by atoms with Gasteiger partial charge < -0.3 is 0 Å². The van der Waals surface area contributed by atoms with E-state index in [0.717, 1.165) is 44.9 Å². The SMILES string of the molecule is CCCCCC(CCCCCC(N=C=O)(N=C=O)N=C=O)N=C=O. The maximum Gasteiger partial charge on any atom is 0.277 e. The first-order valence-corrected chi connectivity index (χ1v) is 8.02. The fraction of sp³-hybridized carbons (Fsp3) is 0.750. The number of nitrogens with zero attached hydrogens (tertiary/aromatic N) is 4. The lowest BCUT2D eigenvalue weighted by Gasteiger charge is -2.15. The number of hydrogen-bond acceptors (Lipinski definition) is 8. The Hall–Kier alpha value is -2.48. The third kappa shape index (κ3) is 9.52. The topological polar surface area (TPSA) is 118 Å². The summed E-state index contributed by atoms with van der Waals surface area (Å²) in [6.45, 7) is 2.11. The van der Waals surface area contributed by atoms with Gasteiger partial charge >= 0.3 is 0 Å². The summed E-state index contributed by atoms with van der Waals surface area (Å²) in [5.74, 6) is -1.80. The smallest absolute Gasteiger partial charge is 0.211 e. The van der Waals surface area contributed by atoms with Gasteiger partial charge in [0.2, 0.25) is 24.3 Å². The number of aliphatic imine (C=N–C) groups is 4. The van der Waals surface area contributed by atoms with E-state index in [0.29, 0.717) is 6.42 Å². The summed E-state index contributed by atoms with van der Waals surface area (Å²) < 4.78 is 0. The maximum atomic E-state index is 10.4. The lowest BCUT2D eigenvalue weighted by Crippen LogP contribution is -2.20. The summed E-state index contributed by atoms with van der Waals surface area (Å²) >= 11 is 0. The molecule has 0 heterocycles. The molecule has 0 aliphatic heterocycles. The Labute approximate surface area is 140 Å². The van der Waals surface area contributed by atoms with Crippen LogP contribution < -0.4 is 0 Å². The minimum absolute atomic E-state index is 0.0344. The molecule has 0 saturated carbocycles. The van der Waals surface area contributed by atoms with Gasteiger partial charge in [-0.25, -0.2) is 24.2 Å².